The average molecular weight is 289 g/mol. The Hall–Kier alpha value is -1.51. The Balaban J connectivity index is 1.97. The first kappa shape index (κ1) is 13.5. The topological polar surface area (TPSA) is 29.5 Å². The molecule has 0 radical (unpaired) electrons. The lowest BCUT2D eigenvalue weighted by Crippen LogP contribution is -2.19. The summed E-state index contributed by atoms with van der Waals surface area (Å²) in [7, 11) is 0. The molecule has 0 saturated heterocycles. The molecule has 2 aromatic carbocycles. The van der Waals surface area contributed by atoms with Gasteiger partial charge < -0.3 is 9.84 Å². The number of hydrogen-bond acceptors (Lipinski definition) is 2. The smallest absolute Gasteiger partial charge is 0.127 e. The van der Waals surface area contributed by atoms with Gasteiger partial charge in [0.1, 0.15) is 11.9 Å². The molecule has 3 heteroatoms. The predicted octanol–water partition coefficient (Wildman–Crippen LogP) is 4.51. The second-order valence-electron chi connectivity index (χ2n) is 5.40. The zero-order valence-electron chi connectivity index (χ0n) is 11.6. The molecule has 20 heavy (non-hydrogen) atoms. The minimum Gasteiger partial charge on any atom is -0.485 e. The van der Waals surface area contributed by atoms with E-state index in [0.29, 0.717) is 6.42 Å². The van der Waals surface area contributed by atoms with E-state index in [1.807, 2.05) is 50.2 Å². The number of ether oxygens (including phenoxy) is 1. The summed E-state index contributed by atoms with van der Waals surface area (Å²) in [6, 6.07) is 11.7. The summed E-state index contributed by atoms with van der Waals surface area (Å²) in [5.41, 5.74) is 4.19. The van der Waals surface area contributed by atoms with Crippen LogP contribution in [0.4, 0.5) is 0 Å². The average Bonchev–Trinajstić information content (AvgIpc) is 2.39. The first-order valence-electron chi connectivity index (χ1n) is 6.76. The highest BCUT2D eigenvalue weighted by Crippen LogP contribution is 2.41. The normalized spacial score (nSPS) is 21.2. The van der Waals surface area contributed by atoms with Gasteiger partial charge in [0.15, 0.2) is 0 Å². The van der Waals surface area contributed by atoms with Gasteiger partial charge in [0.2, 0.25) is 0 Å². The van der Waals surface area contributed by atoms with Crippen molar-refractivity contribution in [2.45, 2.75) is 32.5 Å². The molecule has 0 saturated carbocycles. The molecule has 0 aromatic heterocycles. The summed E-state index contributed by atoms with van der Waals surface area (Å²) < 4.78 is 6.06. The van der Waals surface area contributed by atoms with Gasteiger partial charge in [-0.05, 0) is 49.2 Å². The number of halogens is 1. The van der Waals surface area contributed by atoms with Gasteiger partial charge in [-0.3, -0.25) is 0 Å². The van der Waals surface area contributed by atoms with Crippen molar-refractivity contribution >= 4 is 11.6 Å². The van der Waals surface area contributed by atoms with Crippen LogP contribution in [0.25, 0.3) is 0 Å². The van der Waals surface area contributed by atoms with E-state index in [9.17, 15) is 5.11 Å². The maximum absolute atomic E-state index is 10.4. The highest BCUT2D eigenvalue weighted by atomic mass is 35.5. The lowest BCUT2D eigenvalue weighted by Gasteiger charge is -2.31. The SMILES string of the molecule is Cc1ccc2c(c1)[C@@H](O)CC(c1ccc(Cl)cc1C)O2. The molecule has 2 nitrogen and oxygen atoms in total. The van der Waals surface area contributed by atoms with Gasteiger partial charge in [0, 0.05) is 17.0 Å². The summed E-state index contributed by atoms with van der Waals surface area (Å²) in [6.45, 7) is 4.03. The van der Waals surface area contributed by atoms with Gasteiger partial charge in [-0.2, -0.15) is 0 Å². The van der Waals surface area contributed by atoms with Crippen molar-refractivity contribution in [1.82, 2.24) is 0 Å². The van der Waals surface area contributed by atoms with E-state index in [-0.39, 0.29) is 6.10 Å². The van der Waals surface area contributed by atoms with Crippen LogP contribution in [-0.2, 0) is 0 Å². The van der Waals surface area contributed by atoms with Crippen molar-refractivity contribution in [1.29, 1.82) is 0 Å². The van der Waals surface area contributed by atoms with Crippen LogP contribution in [0.3, 0.4) is 0 Å². The highest BCUT2D eigenvalue weighted by Gasteiger charge is 2.28. The van der Waals surface area contributed by atoms with Gasteiger partial charge in [-0.25, -0.2) is 0 Å². The highest BCUT2D eigenvalue weighted by molar-refractivity contribution is 6.30. The standard InChI is InChI=1S/C17H17ClO2/c1-10-3-6-16-14(7-10)15(19)9-17(20-16)13-5-4-12(18)8-11(13)2/h3-8,15,17,19H,9H2,1-2H3/t15-,17?/m0/s1. The van der Waals surface area contributed by atoms with Gasteiger partial charge in [-0.1, -0.05) is 29.3 Å². The maximum Gasteiger partial charge on any atom is 0.127 e. The first-order chi connectivity index (χ1) is 9.54. The molecule has 1 N–H and O–H groups in total. The number of aryl methyl sites for hydroxylation is 2. The van der Waals surface area contributed by atoms with Crippen molar-refractivity contribution in [3.05, 3.63) is 63.7 Å². The molecule has 0 bridgehead atoms. The monoisotopic (exact) mass is 288 g/mol. The van der Waals surface area contributed by atoms with E-state index >= 15 is 0 Å². The van der Waals surface area contributed by atoms with Crippen LogP contribution >= 0.6 is 11.6 Å². The maximum atomic E-state index is 10.4. The molecule has 1 aliphatic rings. The zero-order valence-corrected chi connectivity index (χ0v) is 12.3. The van der Waals surface area contributed by atoms with Crippen molar-refractivity contribution in [2.75, 3.05) is 0 Å². The summed E-state index contributed by atoms with van der Waals surface area (Å²) in [5.74, 6) is 0.772. The zero-order chi connectivity index (χ0) is 14.3. The molecule has 0 aliphatic carbocycles. The molecule has 2 aromatic rings. The minimum absolute atomic E-state index is 0.127. The lowest BCUT2D eigenvalue weighted by molar-refractivity contribution is 0.0654. The van der Waals surface area contributed by atoms with Crippen LogP contribution in [0.5, 0.6) is 5.75 Å². The summed E-state index contributed by atoms with van der Waals surface area (Å²) >= 11 is 5.99. The lowest BCUT2D eigenvalue weighted by atomic mass is 9.92. The van der Waals surface area contributed by atoms with Crippen molar-refractivity contribution in [2.24, 2.45) is 0 Å². The van der Waals surface area contributed by atoms with Crippen LogP contribution in [0, 0.1) is 13.8 Å². The van der Waals surface area contributed by atoms with E-state index in [4.69, 9.17) is 16.3 Å². The fourth-order valence-corrected chi connectivity index (χ4v) is 2.98. The Kier molecular flexibility index (Phi) is 3.45. The Bertz CT molecular complexity index is 651. The largest absolute Gasteiger partial charge is 0.485 e. The number of benzene rings is 2. The van der Waals surface area contributed by atoms with Gasteiger partial charge in [-0.15, -0.1) is 0 Å². The van der Waals surface area contributed by atoms with E-state index in [1.54, 1.807) is 0 Å². The van der Waals surface area contributed by atoms with Crippen molar-refractivity contribution < 1.29 is 9.84 Å². The van der Waals surface area contributed by atoms with Crippen LogP contribution < -0.4 is 4.74 Å². The molecule has 104 valence electrons. The molecular weight excluding hydrogens is 272 g/mol. The molecule has 1 aliphatic heterocycles. The number of aliphatic hydroxyl groups is 1. The van der Waals surface area contributed by atoms with Crippen LogP contribution in [-0.4, -0.2) is 5.11 Å². The third-order valence-corrected chi connectivity index (χ3v) is 4.04. The number of fused-ring (bicyclic) bond motifs is 1. The van der Waals surface area contributed by atoms with Crippen LogP contribution in [0.1, 0.15) is 40.9 Å². The molecule has 2 atom stereocenters. The Morgan fingerprint density at radius 1 is 1.10 bits per heavy atom. The van der Waals surface area contributed by atoms with E-state index in [0.717, 1.165) is 33.0 Å². The van der Waals surface area contributed by atoms with Gasteiger partial charge >= 0.3 is 0 Å². The second-order valence-corrected chi connectivity index (χ2v) is 5.84. The van der Waals surface area contributed by atoms with Gasteiger partial charge in [0.05, 0.1) is 6.10 Å². The molecule has 1 heterocycles. The fourth-order valence-electron chi connectivity index (χ4n) is 2.76. The van der Waals surface area contributed by atoms with E-state index in [2.05, 4.69) is 0 Å². The number of aliphatic hydroxyl groups excluding tert-OH is 1. The molecule has 0 amide bonds. The van der Waals surface area contributed by atoms with E-state index in [1.165, 1.54) is 0 Å². The second kappa shape index (κ2) is 5.12. The number of rotatable bonds is 1. The van der Waals surface area contributed by atoms with Gasteiger partial charge in [0.25, 0.3) is 0 Å². The molecule has 1 unspecified atom stereocenters. The number of hydrogen-bond donors (Lipinski definition) is 1. The van der Waals surface area contributed by atoms with Crippen molar-refractivity contribution in [3.8, 4) is 5.75 Å². The predicted molar refractivity (Wildman–Crippen MR) is 80.3 cm³/mol. The molecular formula is C17H17ClO2. The Morgan fingerprint density at radius 2 is 1.90 bits per heavy atom. The summed E-state index contributed by atoms with van der Waals surface area (Å²) in [6.07, 6.45) is -0.0463. The first-order valence-corrected chi connectivity index (χ1v) is 7.13. The summed E-state index contributed by atoms with van der Waals surface area (Å²) in [4.78, 5) is 0. The fraction of sp³-hybridized carbons (Fsp3) is 0.294. The van der Waals surface area contributed by atoms with Crippen LogP contribution in [0.2, 0.25) is 5.02 Å². The molecule has 0 spiro atoms. The Morgan fingerprint density at radius 3 is 2.65 bits per heavy atom. The van der Waals surface area contributed by atoms with E-state index < -0.39 is 6.10 Å². The quantitative estimate of drug-likeness (QED) is 0.836. The summed E-state index contributed by atoms with van der Waals surface area (Å²) in [5, 5.41) is 11.1. The molecule has 3 rings (SSSR count). The minimum atomic E-state index is -0.487. The molecule has 0 fully saturated rings. The third-order valence-electron chi connectivity index (χ3n) is 3.81. The van der Waals surface area contributed by atoms with Crippen molar-refractivity contribution in [3.63, 3.8) is 0 Å². The van der Waals surface area contributed by atoms with Crippen LogP contribution in [0.15, 0.2) is 36.4 Å². The Labute approximate surface area is 124 Å². The third kappa shape index (κ3) is 2.41.